The van der Waals surface area contributed by atoms with Crippen LogP contribution in [0.4, 0.5) is 16.2 Å². The summed E-state index contributed by atoms with van der Waals surface area (Å²) in [6.45, 7) is -0.0459. The summed E-state index contributed by atoms with van der Waals surface area (Å²) in [4.78, 5) is 78.2. The van der Waals surface area contributed by atoms with Crippen molar-refractivity contribution in [2.45, 2.75) is 68.7 Å². The number of ether oxygens (including phenoxy) is 10. The molecule has 24 heteroatoms. The number of carbonyl (C=O) groups is 5. The molecule has 5 heterocycles. The average Bonchev–Trinajstić information content (AvgIpc) is 1.92. The Bertz CT molecular complexity index is 3440. The van der Waals surface area contributed by atoms with Crippen molar-refractivity contribution in [1.29, 1.82) is 0 Å². The van der Waals surface area contributed by atoms with Crippen molar-refractivity contribution in [3.8, 4) is 40.2 Å². The standard InChI is InChI=1S/C61H63N5O19/c1-76-20-17-62-56(70)44-21-33(7-16-47(44)84-60-54(69)52(67)53(68)55(85-60)59(73)74)32-83-61(75)66-31-39-23-37(35-10-14-41(78-3)15-11-35)30-65(39)58(72)43-25-49(80-5)51(27-46(43)66)82-19-6-18-81-50-26-45-42(24-48(50)79-4)57(71)64-29-36(22-38(64)28-63-45)34-8-12-40(77-2)13-9-34/h7-16,21,24-30,38-39,52-55,60,67-69H,6,17-20,22-23,31-32H2,1-5H3,(H,62,70)(H,73,74)/t38-,39-,52-,53-,54+,55-,60+/m0/s1. The highest BCUT2D eigenvalue weighted by atomic mass is 16.7. The number of rotatable bonds is 21. The third kappa shape index (κ3) is 12.4. The predicted molar refractivity (Wildman–Crippen MR) is 304 cm³/mol. The fourth-order valence-electron chi connectivity index (χ4n) is 10.5. The Labute approximate surface area is 487 Å². The number of carbonyl (C=O) groups excluding carboxylic acids is 4. The quantitative estimate of drug-likeness (QED) is 0.0559. The maximum atomic E-state index is 14.7. The van der Waals surface area contributed by atoms with Crippen LogP contribution in [0.3, 0.4) is 0 Å². The highest BCUT2D eigenvalue weighted by Crippen LogP contribution is 2.44. The molecule has 0 saturated carbocycles. The SMILES string of the molecule is COCCNC(=O)c1cc(COC(=O)N2C[C@@H]3CC(c4ccc(OC)cc4)=CN3C(=O)c3cc(OC)c(OCCCOc4cc5c(cc4OC)C(=O)N4C=C(c6ccc(OC)cc6)C[C@H]4C=N5)cc32)ccc1O[C@@H]1O[C@H](C(=O)O)[C@@H](O)[C@H](O)[C@H]1O. The molecule has 0 radical (unpaired) electrons. The van der Waals surface area contributed by atoms with Crippen LogP contribution in [0.15, 0.2) is 108 Å². The van der Waals surface area contributed by atoms with Crippen LogP contribution in [0, 0.1) is 0 Å². The summed E-state index contributed by atoms with van der Waals surface area (Å²) < 4.78 is 56.8. The van der Waals surface area contributed by atoms with E-state index in [1.807, 2.05) is 54.7 Å². The number of anilines is 1. The van der Waals surface area contributed by atoms with Gasteiger partial charge in [-0.3, -0.25) is 24.3 Å². The molecule has 10 rings (SSSR count). The van der Waals surface area contributed by atoms with E-state index in [0.717, 1.165) is 28.0 Å². The van der Waals surface area contributed by atoms with E-state index in [4.69, 9.17) is 52.4 Å². The Morgan fingerprint density at radius 2 is 1.29 bits per heavy atom. The second-order valence-corrected chi connectivity index (χ2v) is 20.3. The van der Waals surface area contributed by atoms with E-state index < -0.39 is 67.2 Å². The number of carboxylic acid groups (broad SMARTS) is 1. The Morgan fingerprint density at radius 1 is 0.671 bits per heavy atom. The van der Waals surface area contributed by atoms with E-state index in [0.29, 0.717) is 47.8 Å². The number of methoxy groups -OCH3 is 5. The molecule has 1 saturated heterocycles. The van der Waals surface area contributed by atoms with Crippen LogP contribution < -0.4 is 43.4 Å². The zero-order valence-electron chi connectivity index (χ0n) is 47.0. The van der Waals surface area contributed by atoms with Gasteiger partial charge in [0, 0.05) is 57.2 Å². The predicted octanol–water partition coefficient (Wildman–Crippen LogP) is 5.60. The molecule has 0 aliphatic carbocycles. The Hall–Kier alpha value is -9.20. The number of aliphatic imine (C=N–C) groups is 1. The first-order chi connectivity index (χ1) is 41.1. The molecule has 5 aromatic carbocycles. The molecule has 0 aromatic heterocycles. The number of amides is 4. The zero-order chi connectivity index (χ0) is 60.1. The number of benzene rings is 5. The van der Waals surface area contributed by atoms with Gasteiger partial charge in [0.1, 0.15) is 42.2 Å². The van der Waals surface area contributed by atoms with Gasteiger partial charge < -0.3 is 82.9 Å². The highest BCUT2D eigenvalue weighted by Gasteiger charge is 2.48. The molecule has 5 aliphatic heterocycles. The molecular formula is C61H63N5O19. The maximum absolute atomic E-state index is 14.7. The van der Waals surface area contributed by atoms with Gasteiger partial charge in [0.25, 0.3) is 17.7 Å². The van der Waals surface area contributed by atoms with Gasteiger partial charge in [0.05, 0.1) is 95.0 Å². The van der Waals surface area contributed by atoms with Crippen LogP contribution >= 0.6 is 0 Å². The van der Waals surface area contributed by atoms with Crippen molar-refractivity contribution in [1.82, 2.24) is 15.1 Å². The van der Waals surface area contributed by atoms with Crippen LogP contribution in [-0.4, -0.2) is 177 Å². The number of fused-ring (bicyclic) bond motifs is 4. The van der Waals surface area contributed by atoms with Crippen LogP contribution in [0.5, 0.6) is 40.2 Å². The molecule has 5 N–H and O–H groups in total. The lowest BCUT2D eigenvalue weighted by Crippen LogP contribution is -2.61. The molecule has 5 aliphatic rings. The topological polar surface area (TPSA) is 293 Å². The van der Waals surface area contributed by atoms with Gasteiger partial charge >= 0.3 is 12.1 Å². The van der Waals surface area contributed by atoms with Gasteiger partial charge in [-0.05, 0) is 82.8 Å². The molecule has 5 aromatic rings. The number of nitrogens with zero attached hydrogens (tertiary/aromatic N) is 4. The largest absolute Gasteiger partial charge is 0.497 e. The molecule has 1 fully saturated rings. The van der Waals surface area contributed by atoms with Crippen LogP contribution in [0.1, 0.15) is 67.0 Å². The number of hydrogen-bond acceptors (Lipinski definition) is 19. The third-order valence-electron chi connectivity index (χ3n) is 15.0. The van der Waals surface area contributed by atoms with Crippen molar-refractivity contribution in [3.05, 3.63) is 137 Å². The van der Waals surface area contributed by atoms with E-state index in [-0.39, 0.29) is 84.5 Å². The van der Waals surface area contributed by atoms with Crippen LogP contribution in [-0.2, 0) is 25.6 Å². The summed E-state index contributed by atoms with van der Waals surface area (Å²) >= 11 is 0. The Morgan fingerprint density at radius 3 is 1.93 bits per heavy atom. The molecule has 0 spiro atoms. The zero-order valence-corrected chi connectivity index (χ0v) is 47.0. The average molecular weight is 1170 g/mol. The van der Waals surface area contributed by atoms with Gasteiger partial charge in [-0.25, -0.2) is 9.59 Å². The number of aliphatic hydroxyl groups is 3. The molecule has 0 unspecified atom stereocenters. The lowest BCUT2D eigenvalue weighted by Gasteiger charge is -2.38. The third-order valence-corrected chi connectivity index (χ3v) is 15.0. The van der Waals surface area contributed by atoms with Crippen molar-refractivity contribution in [2.75, 3.05) is 73.4 Å². The Balaban J connectivity index is 0.867. The fourth-order valence-corrected chi connectivity index (χ4v) is 10.5. The monoisotopic (exact) mass is 1170 g/mol. The normalized spacial score (nSPS) is 21.2. The van der Waals surface area contributed by atoms with Crippen molar-refractivity contribution in [3.63, 3.8) is 0 Å². The molecular weight excluding hydrogens is 1110 g/mol. The number of hydrogen-bond donors (Lipinski definition) is 5. The van der Waals surface area contributed by atoms with E-state index in [2.05, 4.69) is 5.32 Å². The lowest BCUT2D eigenvalue weighted by atomic mass is 9.99. The van der Waals surface area contributed by atoms with Gasteiger partial charge in [0.15, 0.2) is 29.1 Å². The van der Waals surface area contributed by atoms with Crippen molar-refractivity contribution < 1.29 is 91.8 Å². The van der Waals surface area contributed by atoms with Crippen LogP contribution in [0.25, 0.3) is 11.1 Å². The number of aliphatic hydroxyl groups excluding tert-OH is 3. The minimum Gasteiger partial charge on any atom is -0.497 e. The maximum Gasteiger partial charge on any atom is 0.414 e. The van der Waals surface area contributed by atoms with Crippen molar-refractivity contribution in [2.24, 2.45) is 4.99 Å². The van der Waals surface area contributed by atoms with Gasteiger partial charge in [-0.1, -0.05) is 30.3 Å². The van der Waals surface area contributed by atoms with E-state index >= 15 is 0 Å². The minimum absolute atomic E-state index is 0.0345. The van der Waals surface area contributed by atoms with E-state index in [1.54, 1.807) is 48.6 Å². The first kappa shape index (κ1) is 59.0. The molecule has 7 atom stereocenters. The number of nitrogens with one attached hydrogen (secondary N) is 1. The highest BCUT2D eigenvalue weighted by molar-refractivity contribution is 6.07. The summed E-state index contributed by atoms with van der Waals surface area (Å²) in [5.74, 6) is -0.711. The molecule has 4 amide bonds. The molecule has 24 nitrogen and oxygen atoms in total. The summed E-state index contributed by atoms with van der Waals surface area (Å²) in [5.41, 5.74) is 4.82. The lowest BCUT2D eigenvalue weighted by molar-refractivity contribution is -0.271. The molecule has 0 bridgehead atoms. The summed E-state index contributed by atoms with van der Waals surface area (Å²) in [5, 5.41) is 43.7. The van der Waals surface area contributed by atoms with Gasteiger partial charge in [0.2, 0.25) is 6.29 Å². The smallest absolute Gasteiger partial charge is 0.414 e. The minimum atomic E-state index is -1.99. The Kier molecular flexibility index (Phi) is 17.9. The first-order valence-corrected chi connectivity index (χ1v) is 27.1. The van der Waals surface area contributed by atoms with E-state index in [1.165, 1.54) is 56.6 Å². The van der Waals surface area contributed by atoms with Crippen LogP contribution in [0.2, 0.25) is 0 Å². The second kappa shape index (κ2) is 25.7. The molecule has 85 heavy (non-hydrogen) atoms. The second-order valence-electron chi connectivity index (χ2n) is 20.3. The van der Waals surface area contributed by atoms with Gasteiger partial charge in [-0.2, -0.15) is 0 Å². The number of aliphatic carboxylic acids is 1. The summed E-state index contributed by atoms with van der Waals surface area (Å²) in [6.07, 6.45) is -3.93. The molecule has 446 valence electrons. The number of carboxylic acids is 1. The summed E-state index contributed by atoms with van der Waals surface area (Å²) in [6, 6.07) is 24.6. The summed E-state index contributed by atoms with van der Waals surface area (Å²) in [7, 11) is 7.53. The van der Waals surface area contributed by atoms with E-state index in [9.17, 15) is 44.4 Å². The van der Waals surface area contributed by atoms with Gasteiger partial charge in [-0.15, -0.1) is 0 Å². The first-order valence-electron chi connectivity index (χ1n) is 27.1. The van der Waals surface area contributed by atoms with Crippen molar-refractivity contribution >= 4 is 58.5 Å². The fraction of sp³-hybridized carbons (Fsp3) is 0.344.